The van der Waals surface area contributed by atoms with Crippen molar-refractivity contribution in [1.82, 2.24) is 9.62 Å². The van der Waals surface area contributed by atoms with Gasteiger partial charge in [0, 0.05) is 22.8 Å². The molecular weight excluding hydrogens is 475 g/mol. The van der Waals surface area contributed by atoms with Crippen molar-refractivity contribution < 1.29 is 31.5 Å². The highest BCUT2D eigenvalue weighted by atomic mass is 32.2. The second-order valence-electron chi connectivity index (χ2n) is 8.96. The highest BCUT2D eigenvalue weighted by Gasteiger charge is 2.57. The quantitative estimate of drug-likeness (QED) is 0.443. The number of amides is 1. The van der Waals surface area contributed by atoms with Crippen LogP contribution < -0.4 is 4.72 Å². The summed E-state index contributed by atoms with van der Waals surface area (Å²) in [6.07, 6.45) is 1.31. The number of nitrogens with one attached hydrogen (secondary N) is 1. The van der Waals surface area contributed by atoms with Crippen LogP contribution in [0.5, 0.6) is 0 Å². The van der Waals surface area contributed by atoms with Crippen molar-refractivity contribution in [3.63, 3.8) is 0 Å². The number of nitrogens with zero attached hydrogens (tertiary/aromatic N) is 1. The number of ether oxygens (including phenoxy) is 1. The van der Waals surface area contributed by atoms with E-state index in [9.17, 15) is 13.6 Å². The molecule has 2 aromatic carbocycles. The first-order valence-electron chi connectivity index (χ1n) is 11.2. The van der Waals surface area contributed by atoms with Gasteiger partial charge in [-0.2, -0.15) is 0 Å². The van der Waals surface area contributed by atoms with Crippen LogP contribution in [0.1, 0.15) is 24.8 Å². The lowest BCUT2D eigenvalue weighted by atomic mass is 9.95. The van der Waals surface area contributed by atoms with E-state index in [0.717, 1.165) is 35.9 Å². The number of likely N-dealkylation sites (tertiary alicyclic amines) is 1. The van der Waals surface area contributed by atoms with Gasteiger partial charge in [0.25, 0.3) is 11.8 Å². The van der Waals surface area contributed by atoms with Gasteiger partial charge in [0.15, 0.2) is 0 Å². The lowest BCUT2D eigenvalue weighted by Gasteiger charge is -2.34. The van der Waals surface area contributed by atoms with Gasteiger partial charge >= 0.3 is 0 Å². The van der Waals surface area contributed by atoms with Crippen LogP contribution >= 0.6 is 11.9 Å². The minimum atomic E-state index is -3.23. The van der Waals surface area contributed by atoms with Crippen LogP contribution in [0.15, 0.2) is 36.4 Å². The summed E-state index contributed by atoms with van der Waals surface area (Å²) < 4.78 is 81.7. The summed E-state index contributed by atoms with van der Waals surface area (Å²) in [6.45, 7) is -0.403. The smallest absolute Gasteiger partial charge is 0.283 e. The summed E-state index contributed by atoms with van der Waals surface area (Å²) in [5.41, 5.74) is -0.387. The Kier molecular flexibility index (Phi) is 6.32. The number of rotatable bonds is 7. The Morgan fingerprint density at radius 1 is 1.12 bits per heavy atom. The van der Waals surface area contributed by atoms with E-state index in [0.29, 0.717) is 13.0 Å². The molecule has 1 aliphatic carbocycles. The highest BCUT2D eigenvalue weighted by Crippen LogP contribution is 2.40. The number of halogens is 5. The molecule has 182 valence electrons. The van der Waals surface area contributed by atoms with E-state index in [-0.39, 0.29) is 28.4 Å². The summed E-state index contributed by atoms with van der Waals surface area (Å²) in [7, 11) is 0. The maximum Gasteiger partial charge on any atom is 0.283 e. The molecule has 1 unspecified atom stereocenters. The number of benzene rings is 2. The predicted octanol–water partition coefficient (Wildman–Crippen LogP) is 4.72. The maximum atomic E-state index is 15.5. The van der Waals surface area contributed by atoms with Crippen LogP contribution in [-0.2, 0) is 16.0 Å². The Morgan fingerprint density at radius 2 is 1.88 bits per heavy atom. The van der Waals surface area contributed by atoms with Crippen molar-refractivity contribution in [1.29, 1.82) is 0 Å². The number of hydrogen-bond acceptors (Lipinski definition) is 4. The van der Waals surface area contributed by atoms with Crippen LogP contribution in [0.4, 0.5) is 22.0 Å². The molecule has 10 heteroatoms. The summed E-state index contributed by atoms with van der Waals surface area (Å²) in [5.74, 6) is -6.12. The summed E-state index contributed by atoms with van der Waals surface area (Å²) >= 11 is 1.22. The Bertz CT molecular complexity index is 1090. The molecule has 1 N–H and O–H groups in total. The van der Waals surface area contributed by atoms with E-state index >= 15 is 13.2 Å². The van der Waals surface area contributed by atoms with Gasteiger partial charge in [-0.1, -0.05) is 30.1 Å². The molecule has 0 bridgehead atoms. The molecule has 4 nitrogen and oxygen atoms in total. The molecule has 3 atom stereocenters. The highest BCUT2D eigenvalue weighted by molar-refractivity contribution is 7.98. The van der Waals surface area contributed by atoms with Crippen molar-refractivity contribution in [3.8, 4) is 11.1 Å². The molecule has 3 fully saturated rings. The van der Waals surface area contributed by atoms with Gasteiger partial charge in [0.1, 0.15) is 29.6 Å². The van der Waals surface area contributed by atoms with Crippen LogP contribution in [0.2, 0.25) is 0 Å². The topological polar surface area (TPSA) is 41.6 Å². The average molecular weight is 499 g/mol. The fraction of sp³-hybridized carbons (Fsp3) is 0.458. The molecule has 2 aromatic rings. The standard InChI is InChI=1S/C24H23F5N2O2S/c25-14-4-7-18(26)17(11-14)16-3-1-2-13(21(16)27)10-19-22(30-34-15-5-6-15)24(28,29)12-31(19)23(32)20-8-9-33-20/h1-4,7,11,15,19-20,22,30H,5-6,8-10,12H2/t19-,20?,22+/m0/s1. The number of carbonyl (C=O) groups is 1. The van der Waals surface area contributed by atoms with Crippen molar-refractivity contribution in [2.75, 3.05) is 13.2 Å². The lowest BCUT2D eigenvalue weighted by molar-refractivity contribution is -0.158. The molecule has 0 radical (unpaired) electrons. The maximum absolute atomic E-state index is 15.5. The second-order valence-corrected chi connectivity index (χ2v) is 10.1. The fourth-order valence-corrected chi connectivity index (χ4v) is 5.42. The first-order chi connectivity index (χ1) is 16.2. The first-order valence-corrected chi connectivity index (χ1v) is 12.1. The molecule has 34 heavy (non-hydrogen) atoms. The number of hydrogen-bond donors (Lipinski definition) is 1. The first kappa shape index (κ1) is 23.6. The molecule has 2 heterocycles. The molecule has 5 rings (SSSR count). The minimum absolute atomic E-state index is 0.0411. The van der Waals surface area contributed by atoms with Crippen LogP contribution in [0.3, 0.4) is 0 Å². The molecular formula is C24H23F5N2O2S. The fourth-order valence-electron chi connectivity index (χ4n) is 4.38. The Hall–Kier alpha value is -2.17. The third-order valence-electron chi connectivity index (χ3n) is 6.49. The zero-order valence-electron chi connectivity index (χ0n) is 18.1. The zero-order valence-corrected chi connectivity index (χ0v) is 18.9. The Balaban J connectivity index is 1.47. The van der Waals surface area contributed by atoms with Crippen LogP contribution in [0, 0.1) is 17.5 Å². The van der Waals surface area contributed by atoms with Gasteiger partial charge in [-0.25, -0.2) is 22.0 Å². The third-order valence-corrected chi connectivity index (χ3v) is 7.69. The lowest BCUT2D eigenvalue weighted by Crippen LogP contribution is -2.51. The molecule has 0 aromatic heterocycles. The third kappa shape index (κ3) is 4.55. The SMILES string of the molecule is O=C(C1CCO1)N1CC(F)(F)[C@H](NSC2CC2)[C@@H]1Cc1cccc(-c2cc(F)ccc2F)c1F. The van der Waals surface area contributed by atoms with E-state index in [1.165, 1.54) is 30.1 Å². The molecule has 1 saturated carbocycles. The van der Waals surface area contributed by atoms with E-state index in [4.69, 9.17) is 4.74 Å². The van der Waals surface area contributed by atoms with Crippen molar-refractivity contribution in [2.24, 2.45) is 0 Å². The van der Waals surface area contributed by atoms with Gasteiger partial charge in [-0.05, 0) is 43.0 Å². The number of carbonyl (C=O) groups excluding carboxylic acids is 1. The largest absolute Gasteiger partial charge is 0.368 e. The molecule has 3 aliphatic rings. The summed E-state index contributed by atoms with van der Waals surface area (Å²) in [4.78, 5) is 14.0. The molecule has 2 aliphatic heterocycles. The van der Waals surface area contributed by atoms with Crippen LogP contribution in [-0.4, -0.2) is 53.3 Å². The Labute approximate surface area is 198 Å². The molecule has 1 amide bonds. The van der Waals surface area contributed by atoms with E-state index in [2.05, 4.69) is 4.72 Å². The monoisotopic (exact) mass is 498 g/mol. The van der Waals surface area contributed by atoms with Crippen molar-refractivity contribution >= 4 is 17.9 Å². The van der Waals surface area contributed by atoms with Gasteiger partial charge in [-0.15, -0.1) is 0 Å². The normalized spacial score (nSPS) is 25.9. The van der Waals surface area contributed by atoms with Gasteiger partial charge in [-0.3, -0.25) is 9.52 Å². The molecule has 2 saturated heterocycles. The van der Waals surface area contributed by atoms with Crippen molar-refractivity contribution in [2.45, 2.75) is 55.0 Å². The second kappa shape index (κ2) is 9.13. The predicted molar refractivity (Wildman–Crippen MR) is 118 cm³/mol. The average Bonchev–Trinajstić information content (AvgIpc) is 3.53. The number of alkyl halides is 2. The van der Waals surface area contributed by atoms with Gasteiger partial charge in [0.05, 0.1) is 19.2 Å². The van der Waals surface area contributed by atoms with Crippen molar-refractivity contribution in [3.05, 3.63) is 59.4 Å². The summed E-state index contributed by atoms with van der Waals surface area (Å²) in [6, 6.07) is 4.49. The van der Waals surface area contributed by atoms with Crippen LogP contribution in [0.25, 0.3) is 11.1 Å². The van der Waals surface area contributed by atoms with Gasteiger partial charge in [0.2, 0.25) is 0 Å². The van der Waals surface area contributed by atoms with E-state index in [1.54, 1.807) is 0 Å². The van der Waals surface area contributed by atoms with E-state index in [1.807, 2.05) is 0 Å². The zero-order chi connectivity index (χ0) is 24.0. The van der Waals surface area contributed by atoms with E-state index < -0.39 is 54.0 Å². The summed E-state index contributed by atoms with van der Waals surface area (Å²) in [5, 5.41) is 0.243. The Morgan fingerprint density at radius 3 is 2.56 bits per heavy atom. The van der Waals surface area contributed by atoms with Gasteiger partial charge < -0.3 is 9.64 Å². The molecule has 0 spiro atoms. The minimum Gasteiger partial charge on any atom is -0.368 e.